The smallest absolute Gasteiger partial charge is 0.243 e. The SMILES string of the molecule is Nc1nccnc1CC1CCCN(S(=O)(=O)c2ccccc2)C1. The molecule has 2 heterocycles. The molecular weight excluding hydrogens is 312 g/mol. The van der Waals surface area contributed by atoms with Crippen molar-refractivity contribution in [2.75, 3.05) is 18.8 Å². The van der Waals surface area contributed by atoms with Gasteiger partial charge in [-0.25, -0.2) is 13.4 Å². The highest BCUT2D eigenvalue weighted by atomic mass is 32.2. The van der Waals surface area contributed by atoms with Crippen molar-refractivity contribution in [3.63, 3.8) is 0 Å². The largest absolute Gasteiger partial charge is 0.382 e. The monoisotopic (exact) mass is 332 g/mol. The van der Waals surface area contributed by atoms with E-state index in [4.69, 9.17) is 5.73 Å². The molecule has 3 rings (SSSR count). The first-order valence-electron chi connectivity index (χ1n) is 7.68. The van der Waals surface area contributed by atoms with Gasteiger partial charge in [-0.1, -0.05) is 18.2 Å². The third-order valence-electron chi connectivity index (χ3n) is 4.15. The molecule has 0 bridgehead atoms. The zero-order valence-electron chi connectivity index (χ0n) is 12.8. The molecule has 7 heteroatoms. The first kappa shape index (κ1) is 15.9. The maximum atomic E-state index is 12.7. The average molecular weight is 332 g/mol. The zero-order valence-corrected chi connectivity index (χ0v) is 13.6. The molecule has 1 aromatic heterocycles. The van der Waals surface area contributed by atoms with Crippen LogP contribution in [0.15, 0.2) is 47.6 Å². The number of anilines is 1. The van der Waals surface area contributed by atoms with E-state index in [1.807, 2.05) is 6.07 Å². The van der Waals surface area contributed by atoms with Crippen LogP contribution >= 0.6 is 0 Å². The van der Waals surface area contributed by atoms with Crippen LogP contribution in [0.1, 0.15) is 18.5 Å². The van der Waals surface area contributed by atoms with Crippen LogP contribution in [-0.4, -0.2) is 35.8 Å². The number of nitrogens with zero attached hydrogens (tertiary/aromatic N) is 3. The Hall–Kier alpha value is -1.99. The molecule has 1 fully saturated rings. The molecule has 6 nitrogen and oxygen atoms in total. The van der Waals surface area contributed by atoms with Gasteiger partial charge in [0, 0.05) is 25.5 Å². The first-order valence-corrected chi connectivity index (χ1v) is 9.12. The molecule has 0 spiro atoms. The fourth-order valence-corrected chi connectivity index (χ4v) is 4.54. The summed E-state index contributed by atoms with van der Waals surface area (Å²) < 4.78 is 27.0. The van der Waals surface area contributed by atoms with Gasteiger partial charge in [-0.15, -0.1) is 0 Å². The van der Waals surface area contributed by atoms with E-state index < -0.39 is 10.0 Å². The first-order chi connectivity index (χ1) is 11.1. The lowest BCUT2D eigenvalue weighted by Crippen LogP contribution is -2.40. The molecular formula is C16H20N4O2S. The van der Waals surface area contributed by atoms with Crippen molar-refractivity contribution < 1.29 is 8.42 Å². The molecule has 0 saturated carbocycles. The molecule has 2 aromatic rings. The van der Waals surface area contributed by atoms with Gasteiger partial charge in [0.15, 0.2) is 0 Å². The second kappa shape index (κ2) is 6.64. The highest BCUT2D eigenvalue weighted by Crippen LogP contribution is 2.26. The maximum absolute atomic E-state index is 12.7. The van der Waals surface area contributed by atoms with Crippen LogP contribution in [0.2, 0.25) is 0 Å². The molecule has 1 saturated heterocycles. The fraction of sp³-hybridized carbons (Fsp3) is 0.375. The summed E-state index contributed by atoms with van der Waals surface area (Å²) in [4.78, 5) is 8.65. The van der Waals surface area contributed by atoms with E-state index >= 15 is 0 Å². The third kappa shape index (κ3) is 3.51. The normalized spacial score (nSPS) is 19.6. The van der Waals surface area contributed by atoms with E-state index in [1.165, 1.54) is 0 Å². The maximum Gasteiger partial charge on any atom is 0.243 e. The van der Waals surface area contributed by atoms with Crippen molar-refractivity contribution in [1.82, 2.24) is 14.3 Å². The van der Waals surface area contributed by atoms with Gasteiger partial charge in [-0.05, 0) is 37.3 Å². The van der Waals surface area contributed by atoms with Gasteiger partial charge in [0.05, 0.1) is 10.6 Å². The lowest BCUT2D eigenvalue weighted by Gasteiger charge is -2.31. The Morgan fingerprint density at radius 1 is 1.17 bits per heavy atom. The van der Waals surface area contributed by atoms with Crippen LogP contribution in [0, 0.1) is 5.92 Å². The molecule has 122 valence electrons. The van der Waals surface area contributed by atoms with Crippen LogP contribution in [0.4, 0.5) is 5.82 Å². The van der Waals surface area contributed by atoms with Crippen LogP contribution in [0.25, 0.3) is 0 Å². The van der Waals surface area contributed by atoms with Gasteiger partial charge in [0.2, 0.25) is 10.0 Å². The molecule has 1 aliphatic rings. The Labute approximate surface area is 136 Å². The Balaban J connectivity index is 1.75. The van der Waals surface area contributed by atoms with Gasteiger partial charge >= 0.3 is 0 Å². The van der Waals surface area contributed by atoms with Crippen molar-refractivity contribution in [1.29, 1.82) is 0 Å². The molecule has 0 radical (unpaired) electrons. The summed E-state index contributed by atoms with van der Waals surface area (Å²) in [5.74, 6) is 0.636. The van der Waals surface area contributed by atoms with E-state index in [1.54, 1.807) is 41.0 Å². The molecule has 0 aliphatic carbocycles. The van der Waals surface area contributed by atoms with E-state index in [0.717, 1.165) is 18.5 Å². The van der Waals surface area contributed by atoms with Crippen molar-refractivity contribution in [2.24, 2.45) is 5.92 Å². The lowest BCUT2D eigenvalue weighted by molar-refractivity contribution is 0.264. The number of rotatable bonds is 4. The predicted octanol–water partition coefficient (Wildman–Crippen LogP) is 1.70. The lowest BCUT2D eigenvalue weighted by atomic mass is 9.94. The van der Waals surface area contributed by atoms with Crippen LogP contribution in [0.5, 0.6) is 0 Å². The summed E-state index contributed by atoms with van der Waals surface area (Å²) in [5, 5.41) is 0. The summed E-state index contributed by atoms with van der Waals surface area (Å²) in [6.07, 6.45) is 5.65. The minimum absolute atomic E-state index is 0.209. The van der Waals surface area contributed by atoms with Crippen LogP contribution in [0.3, 0.4) is 0 Å². The van der Waals surface area contributed by atoms with Gasteiger partial charge in [0.25, 0.3) is 0 Å². The Bertz CT molecular complexity index is 765. The Morgan fingerprint density at radius 3 is 2.65 bits per heavy atom. The predicted molar refractivity (Wildman–Crippen MR) is 88.1 cm³/mol. The molecule has 23 heavy (non-hydrogen) atoms. The van der Waals surface area contributed by atoms with E-state index in [-0.39, 0.29) is 5.92 Å². The number of nitrogens with two attached hydrogens (primary N) is 1. The van der Waals surface area contributed by atoms with Crippen molar-refractivity contribution in [3.8, 4) is 0 Å². The summed E-state index contributed by atoms with van der Waals surface area (Å²) in [5.41, 5.74) is 6.59. The van der Waals surface area contributed by atoms with Crippen LogP contribution < -0.4 is 5.73 Å². The highest BCUT2D eigenvalue weighted by molar-refractivity contribution is 7.89. The molecule has 1 aliphatic heterocycles. The molecule has 1 unspecified atom stereocenters. The summed E-state index contributed by atoms with van der Waals surface area (Å²) >= 11 is 0. The van der Waals surface area contributed by atoms with Crippen molar-refractivity contribution in [3.05, 3.63) is 48.4 Å². The summed E-state index contributed by atoms with van der Waals surface area (Å²) in [6.45, 7) is 1.05. The quantitative estimate of drug-likeness (QED) is 0.920. The number of benzene rings is 1. The van der Waals surface area contributed by atoms with E-state index in [9.17, 15) is 8.42 Å². The van der Waals surface area contributed by atoms with Crippen molar-refractivity contribution >= 4 is 15.8 Å². The van der Waals surface area contributed by atoms with E-state index in [2.05, 4.69) is 9.97 Å². The fourth-order valence-electron chi connectivity index (χ4n) is 2.96. The second-order valence-electron chi connectivity index (χ2n) is 5.78. The third-order valence-corrected chi connectivity index (χ3v) is 6.03. The number of hydrogen-bond acceptors (Lipinski definition) is 5. The van der Waals surface area contributed by atoms with E-state index in [0.29, 0.717) is 30.2 Å². The van der Waals surface area contributed by atoms with Gasteiger partial charge in [-0.2, -0.15) is 4.31 Å². The second-order valence-corrected chi connectivity index (χ2v) is 7.71. The molecule has 1 atom stereocenters. The average Bonchev–Trinajstić information content (AvgIpc) is 2.58. The zero-order chi connectivity index (χ0) is 16.3. The number of nitrogen functional groups attached to an aromatic ring is 1. The van der Waals surface area contributed by atoms with Gasteiger partial charge in [0.1, 0.15) is 5.82 Å². The summed E-state index contributed by atoms with van der Waals surface area (Å²) in [7, 11) is -3.43. The molecule has 2 N–H and O–H groups in total. The number of hydrogen-bond donors (Lipinski definition) is 1. The minimum Gasteiger partial charge on any atom is -0.382 e. The van der Waals surface area contributed by atoms with Crippen molar-refractivity contribution in [2.45, 2.75) is 24.2 Å². The Morgan fingerprint density at radius 2 is 1.91 bits per heavy atom. The molecule has 1 aromatic carbocycles. The number of aromatic nitrogens is 2. The molecule has 0 amide bonds. The number of piperidine rings is 1. The van der Waals surface area contributed by atoms with Gasteiger partial charge in [-0.3, -0.25) is 4.98 Å². The van der Waals surface area contributed by atoms with Gasteiger partial charge < -0.3 is 5.73 Å². The van der Waals surface area contributed by atoms with Crippen LogP contribution in [-0.2, 0) is 16.4 Å². The minimum atomic E-state index is -3.43. The summed E-state index contributed by atoms with van der Waals surface area (Å²) in [6, 6.07) is 8.58. The standard InChI is InChI=1S/C16H20N4O2S/c17-16-15(18-8-9-19-16)11-13-5-4-10-20(12-13)23(21,22)14-6-2-1-3-7-14/h1-3,6-9,13H,4-5,10-12H2,(H2,17,19). The Kier molecular flexibility index (Phi) is 4.58. The number of sulfonamides is 1. The topological polar surface area (TPSA) is 89.2 Å². The highest BCUT2D eigenvalue weighted by Gasteiger charge is 2.30.